The molecule has 0 bridgehead atoms. The quantitative estimate of drug-likeness (QED) is 0.348. The number of anilines is 1. The zero-order valence-corrected chi connectivity index (χ0v) is 20.5. The van der Waals surface area contributed by atoms with Crippen LogP contribution in [0.1, 0.15) is 26.5 Å². The largest absolute Gasteiger partial charge is 0.383 e. The number of rotatable bonds is 9. The summed E-state index contributed by atoms with van der Waals surface area (Å²) in [5.74, 6) is 0.971. The number of thiophene rings is 1. The molecule has 1 saturated heterocycles. The number of halogens is 1. The minimum absolute atomic E-state index is 0.0528. The first-order valence-corrected chi connectivity index (χ1v) is 13.8. The molecule has 2 aromatic heterocycles. The first-order valence-electron chi connectivity index (χ1n) is 10.8. The molecule has 0 saturated carbocycles. The van der Waals surface area contributed by atoms with Crippen molar-refractivity contribution in [2.24, 2.45) is 0 Å². The van der Waals surface area contributed by atoms with E-state index in [9.17, 15) is 13.2 Å². The van der Waals surface area contributed by atoms with Crippen LogP contribution >= 0.6 is 22.9 Å². The summed E-state index contributed by atoms with van der Waals surface area (Å²) in [6.45, 7) is 2.59. The molecule has 1 aromatic carbocycles. The second-order valence-electron chi connectivity index (χ2n) is 8.10. The molecule has 3 heterocycles. The summed E-state index contributed by atoms with van der Waals surface area (Å²) in [6, 6.07) is 9.59. The van der Waals surface area contributed by atoms with Crippen molar-refractivity contribution in [1.29, 1.82) is 0 Å². The van der Waals surface area contributed by atoms with Crippen LogP contribution in [0.2, 0.25) is 5.02 Å². The Morgan fingerprint density at radius 3 is 2.79 bits per heavy atom. The van der Waals surface area contributed by atoms with Crippen molar-refractivity contribution in [2.45, 2.75) is 19.4 Å². The Morgan fingerprint density at radius 2 is 2.00 bits per heavy atom. The fourth-order valence-electron chi connectivity index (χ4n) is 3.76. The van der Waals surface area contributed by atoms with Crippen LogP contribution < -0.4 is 5.73 Å². The molecule has 1 aliphatic heterocycles. The minimum Gasteiger partial charge on any atom is -0.383 e. The van der Waals surface area contributed by atoms with Gasteiger partial charge in [0.25, 0.3) is 0 Å². The summed E-state index contributed by atoms with van der Waals surface area (Å²) in [7, 11) is -2.87. The minimum atomic E-state index is -2.87. The number of carbonyl (C=O) groups is 1. The Bertz CT molecular complexity index is 1250. The predicted molar refractivity (Wildman–Crippen MR) is 133 cm³/mol. The van der Waals surface area contributed by atoms with Gasteiger partial charge in [0.05, 0.1) is 34.6 Å². The summed E-state index contributed by atoms with van der Waals surface area (Å²) in [5, 5.41) is 2.46. The highest BCUT2D eigenvalue weighted by Gasteiger charge is 2.21. The summed E-state index contributed by atoms with van der Waals surface area (Å²) in [4.78, 5) is 20.4. The summed E-state index contributed by atoms with van der Waals surface area (Å²) in [6.07, 6.45) is 2.70. The van der Waals surface area contributed by atoms with Gasteiger partial charge in [-0.1, -0.05) is 29.8 Å². The van der Waals surface area contributed by atoms with E-state index in [2.05, 4.69) is 9.88 Å². The van der Waals surface area contributed by atoms with E-state index in [1.807, 2.05) is 24.3 Å². The van der Waals surface area contributed by atoms with Crippen molar-refractivity contribution in [3.63, 3.8) is 0 Å². The van der Waals surface area contributed by atoms with E-state index in [1.165, 1.54) is 11.3 Å². The molecule has 0 amide bonds. The lowest BCUT2D eigenvalue weighted by Gasteiger charge is -2.26. The molecule has 0 aliphatic carbocycles. The highest BCUT2D eigenvalue weighted by atomic mass is 35.5. The van der Waals surface area contributed by atoms with Crippen LogP contribution in [0.5, 0.6) is 0 Å². The van der Waals surface area contributed by atoms with E-state index in [1.54, 1.807) is 12.3 Å². The van der Waals surface area contributed by atoms with Crippen molar-refractivity contribution in [1.82, 2.24) is 9.88 Å². The smallest absolute Gasteiger partial charge is 0.173 e. The second kappa shape index (κ2) is 10.5. The maximum Gasteiger partial charge on any atom is 0.173 e. The van der Waals surface area contributed by atoms with Crippen LogP contribution in [0, 0.1) is 0 Å². The average Bonchev–Trinajstić information content (AvgIpc) is 3.16. The molecule has 3 aromatic rings. The lowest BCUT2D eigenvalue weighted by molar-refractivity contribution is 0.0967. The van der Waals surface area contributed by atoms with Gasteiger partial charge < -0.3 is 10.5 Å². The molecular formula is C23H26ClN3O4S2. The van der Waals surface area contributed by atoms with E-state index in [4.69, 9.17) is 22.1 Å². The van der Waals surface area contributed by atoms with Gasteiger partial charge in [0.15, 0.2) is 15.6 Å². The first kappa shape index (κ1) is 24.1. The van der Waals surface area contributed by atoms with Gasteiger partial charge in [-0.05, 0) is 29.5 Å². The molecule has 4 rings (SSSR count). The van der Waals surface area contributed by atoms with Crippen LogP contribution in [0.3, 0.4) is 0 Å². The van der Waals surface area contributed by atoms with E-state index in [0.717, 1.165) is 21.2 Å². The number of ketones is 1. The molecule has 0 spiro atoms. The van der Waals surface area contributed by atoms with Crippen LogP contribution in [-0.2, 0) is 27.6 Å². The van der Waals surface area contributed by atoms with Crippen molar-refractivity contribution >= 4 is 55.1 Å². The first-order chi connectivity index (χ1) is 15.8. The maximum absolute atomic E-state index is 12.7. The van der Waals surface area contributed by atoms with Crippen molar-refractivity contribution < 1.29 is 17.9 Å². The van der Waals surface area contributed by atoms with Gasteiger partial charge >= 0.3 is 0 Å². The molecule has 0 radical (unpaired) electrons. The number of hydrogen-bond donors (Lipinski definition) is 1. The van der Waals surface area contributed by atoms with E-state index >= 15 is 0 Å². The van der Waals surface area contributed by atoms with Gasteiger partial charge in [-0.3, -0.25) is 9.69 Å². The van der Waals surface area contributed by atoms with Crippen molar-refractivity contribution in [3.8, 4) is 0 Å². The van der Waals surface area contributed by atoms with Gasteiger partial charge in [0.1, 0.15) is 5.82 Å². The van der Waals surface area contributed by atoms with E-state index < -0.39 is 9.84 Å². The number of nitrogens with two attached hydrogens (primary N) is 1. The molecule has 7 nitrogen and oxygen atoms in total. The standard InChI is InChI=1S/C23H26ClN3O4S2/c24-19-14-21(32-22(19)15-31-10-7-27-8-11-33(29,30)12-9-27)20(28)4-2-16-1-3-18-17(13-16)5-6-26-23(18)25/h1,3,5-6,13-14H,2,4,7-12,15H2,(H2,25,26). The molecule has 1 aliphatic rings. The number of hydrogen-bond acceptors (Lipinski definition) is 8. The van der Waals surface area contributed by atoms with Crippen LogP contribution in [0.4, 0.5) is 5.82 Å². The lowest BCUT2D eigenvalue weighted by atomic mass is 10.0. The number of carbonyl (C=O) groups excluding carboxylic acids is 1. The third kappa shape index (κ3) is 6.30. The second-order valence-corrected chi connectivity index (χ2v) is 12.0. The molecule has 33 heavy (non-hydrogen) atoms. The van der Waals surface area contributed by atoms with E-state index in [0.29, 0.717) is 61.4 Å². The Morgan fingerprint density at radius 1 is 1.21 bits per heavy atom. The molecule has 0 unspecified atom stereocenters. The third-order valence-corrected chi connectivity index (χ3v) is 8.96. The average molecular weight is 508 g/mol. The molecule has 2 N–H and O–H groups in total. The highest BCUT2D eigenvalue weighted by Crippen LogP contribution is 2.29. The van der Waals surface area contributed by atoms with Gasteiger partial charge in [0.2, 0.25) is 0 Å². The number of ether oxygens (including phenoxy) is 1. The normalized spacial score (nSPS) is 16.3. The summed E-state index contributed by atoms with van der Waals surface area (Å²) in [5.41, 5.74) is 6.97. The highest BCUT2D eigenvalue weighted by molar-refractivity contribution is 7.91. The Labute approximate surface area is 202 Å². The van der Waals surface area contributed by atoms with Crippen LogP contribution in [0.15, 0.2) is 36.5 Å². The SMILES string of the molecule is Nc1nccc2cc(CCC(=O)c3cc(Cl)c(COCCN4CCS(=O)(=O)CC4)s3)ccc12. The fourth-order valence-corrected chi connectivity index (χ4v) is 6.34. The number of sulfone groups is 1. The maximum atomic E-state index is 12.7. The third-order valence-electron chi connectivity index (χ3n) is 5.75. The van der Waals surface area contributed by atoms with Crippen LogP contribution in [0.25, 0.3) is 10.8 Å². The topological polar surface area (TPSA) is 103 Å². The molecular weight excluding hydrogens is 482 g/mol. The zero-order valence-electron chi connectivity index (χ0n) is 18.1. The van der Waals surface area contributed by atoms with Crippen LogP contribution in [-0.4, -0.2) is 61.8 Å². The van der Waals surface area contributed by atoms with Gasteiger partial charge in [0, 0.05) is 42.5 Å². The number of nitrogens with zero attached hydrogens (tertiary/aromatic N) is 2. The van der Waals surface area contributed by atoms with Crippen molar-refractivity contribution in [3.05, 3.63) is 56.9 Å². The zero-order chi connectivity index (χ0) is 23.4. The summed E-state index contributed by atoms with van der Waals surface area (Å²) >= 11 is 7.70. The number of nitrogen functional groups attached to an aromatic ring is 1. The number of aryl methyl sites for hydroxylation is 1. The monoisotopic (exact) mass is 507 g/mol. The Balaban J connectivity index is 1.25. The Kier molecular flexibility index (Phi) is 7.65. The summed E-state index contributed by atoms with van der Waals surface area (Å²) < 4.78 is 28.7. The number of aromatic nitrogens is 1. The predicted octanol–water partition coefficient (Wildman–Crippen LogP) is 3.59. The molecule has 10 heteroatoms. The number of benzene rings is 1. The number of fused-ring (bicyclic) bond motifs is 1. The number of Topliss-reactive ketones (excluding diaryl/α,β-unsaturated/α-hetero) is 1. The fraction of sp³-hybridized carbons (Fsp3) is 0.391. The van der Waals surface area contributed by atoms with Gasteiger partial charge in [-0.15, -0.1) is 11.3 Å². The van der Waals surface area contributed by atoms with E-state index in [-0.39, 0.29) is 17.3 Å². The lowest BCUT2D eigenvalue weighted by Crippen LogP contribution is -2.41. The molecule has 0 atom stereocenters. The Hall–Kier alpha value is -2.04. The van der Waals surface area contributed by atoms with Gasteiger partial charge in [-0.2, -0.15) is 0 Å². The molecule has 176 valence electrons. The molecule has 1 fully saturated rings. The van der Waals surface area contributed by atoms with Gasteiger partial charge in [-0.25, -0.2) is 13.4 Å². The number of pyridine rings is 1. The van der Waals surface area contributed by atoms with Crippen molar-refractivity contribution in [2.75, 3.05) is 43.5 Å².